The van der Waals surface area contributed by atoms with Crippen molar-refractivity contribution in [2.75, 3.05) is 13.1 Å². The summed E-state index contributed by atoms with van der Waals surface area (Å²) in [6.45, 7) is 3.36. The molecular weight excluding hydrogens is 284 g/mol. The summed E-state index contributed by atoms with van der Waals surface area (Å²) in [6, 6.07) is 4.36. The molecule has 20 heavy (non-hydrogen) atoms. The minimum Gasteiger partial charge on any atom is -0.481 e. The summed E-state index contributed by atoms with van der Waals surface area (Å²) in [4.78, 5) is 23.3. The van der Waals surface area contributed by atoms with Crippen LogP contribution in [-0.4, -0.2) is 34.0 Å². The number of carbonyl (C=O) groups is 1. The molecule has 0 aromatic heterocycles. The molecule has 0 bridgehead atoms. The van der Waals surface area contributed by atoms with E-state index in [1.54, 1.807) is 13.0 Å². The number of hydrogen-bond acceptors (Lipinski definition) is 4. The van der Waals surface area contributed by atoms with Gasteiger partial charge in [0.2, 0.25) is 0 Å². The van der Waals surface area contributed by atoms with E-state index in [0.717, 1.165) is 5.56 Å². The molecule has 1 saturated heterocycles. The van der Waals surface area contributed by atoms with Crippen LogP contribution in [0.15, 0.2) is 18.2 Å². The van der Waals surface area contributed by atoms with Crippen LogP contribution in [0.2, 0.25) is 5.02 Å². The van der Waals surface area contributed by atoms with Gasteiger partial charge in [-0.3, -0.25) is 19.8 Å². The van der Waals surface area contributed by atoms with E-state index in [9.17, 15) is 20.0 Å². The van der Waals surface area contributed by atoms with Crippen molar-refractivity contribution < 1.29 is 14.8 Å². The van der Waals surface area contributed by atoms with E-state index in [1.165, 1.54) is 12.1 Å². The lowest BCUT2D eigenvalue weighted by atomic mass is 9.90. The Morgan fingerprint density at radius 2 is 2.30 bits per heavy atom. The molecule has 7 heteroatoms. The van der Waals surface area contributed by atoms with Crippen LogP contribution >= 0.6 is 11.6 Å². The van der Waals surface area contributed by atoms with Gasteiger partial charge in [-0.15, -0.1) is 0 Å². The van der Waals surface area contributed by atoms with Crippen molar-refractivity contribution >= 4 is 23.3 Å². The highest BCUT2D eigenvalue weighted by atomic mass is 35.5. The van der Waals surface area contributed by atoms with Crippen LogP contribution in [0.4, 0.5) is 5.69 Å². The third-order valence-electron chi connectivity index (χ3n) is 3.71. The maximum absolute atomic E-state index is 11.2. The van der Waals surface area contributed by atoms with Gasteiger partial charge in [-0.2, -0.15) is 0 Å². The number of non-ortho nitro benzene ring substituents is 1. The van der Waals surface area contributed by atoms with E-state index in [0.29, 0.717) is 31.1 Å². The summed E-state index contributed by atoms with van der Waals surface area (Å²) in [5.41, 5.74) is -0.00442. The van der Waals surface area contributed by atoms with Gasteiger partial charge in [-0.1, -0.05) is 11.6 Å². The zero-order chi connectivity index (χ0) is 14.9. The van der Waals surface area contributed by atoms with Crippen molar-refractivity contribution in [1.82, 2.24) is 4.90 Å². The molecule has 0 spiro atoms. The predicted molar refractivity (Wildman–Crippen MR) is 73.7 cm³/mol. The lowest BCUT2D eigenvalue weighted by molar-refractivity contribution is -0.384. The van der Waals surface area contributed by atoms with Crippen molar-refractivity contribution in [3.8, 4) is 0 Å². The number of rotatable bonds is 4. The highest BCUT2D eigenvalue weighted by Gasteiger charge is 2.40. The molecule has 1 aliphatic rings. The maximum Gasteiger partial charge on any atom is 0.310 e. The van der Waals surface area contributed by atoms with Crippen LogP contribution in [-0.2, 0) is 11.3 Å². The van der Waals surface area contributed by atoms with Crippen LogP contribution in [0.3, 0.4) is 0 Å². The Morgan fingerprint density at radius 1 is 1.60 bits per heavy atom. The highest BCUT2D eigenvalue weighted by Crippen LogP contribution is 2.32. The highest BCUT2D eigenvalue weighted by molar-refractivity contribution is 6.31. The first kappa shape index (κ1) is 14.7. The second-order valence-electron chi connectivity index (χ2n) is 5.36. The molecule has 1 unspecified atom stereocenters. The fourth-order valence-electron chi connectivity index (χ4n) is 2.38. The zero-order valence-electron chi connectivity index (χ0n) is 11.0. The monoisotopic (exact) mass is 298 g/mol. The second-order valence-corrected chi connectivity index (χ2v) is 5.77. The molecule has 1 aromatic carbocycles. The van der Waals surface area contributed by atoms with E-state index in [4.69, 9.17) is 11.6 Å². The zero-order valence-corrected chi connectivity index (χ0v) is 11.8. The Kier molecular flexibility index (Phi) is 3.96. The predicted octanol–water partition coefficient (Wildman–Crippen LogP) is 2.54. The van der Waals surface area contributed by atoms with Gasteiger partial charge in [-0.25, -0.2) is 0 Å². The molecule has 6 nitrogen and oxygen atoms in total. The third-order valence-corrected chi connectivity index (χ3v) is 4.06. The van der Waals surface area contributed by atoms with Crippen molar-refractivity contribution in [1.29, 1.82) is 0 Å². The number of hydrogen-bond donors (Lipinski definition) is 1. The average Bonchev–Trinajstić information content (AvgIpc) is 2.75. The first-order chi connectivity index (χ1) is 9.32. The number of halogens is 1. The van der Waals surface area contributed by atoms with Crippen LogP contribution < -0.4 is 0 Å². The summed E-state index contributed by atoms with van der Waals surface area (Å²) in [6.07, 6.45) is 0.590. The molecule has 1 atom stereocenters. The van der Waals surface area contributed by atoms with E-state index in [-0.39, 0.29) is 5.69 Å². The molecule has 0 aliphatic carbocycles. The van der Waals surface area contributed by atoms with Gasteiger partial charge >= 0.3 is 5.97 Å². The van der Waals surface area contributed by atoms with Crippen LogP contribution in [0.5, 0.6) is 0 Å². The molecule has 1 aliphatic heterocycles. The summed E-state index contributed by atoms with van der Waals surface area (Å²) in [5, 5.41) is 20.2. The third kappa shape index (κ3) is 2.91. The lowest BCUT2D eigenvalue weighted by Crippen LogP contribution is -2.31. The smallest absolute Gasteiger partial charge is 0.310 e. The number of benzene rings is 1. The Labute approximate surface area is 121 Å². The van der Waals surface area contributed by atoms with E-state index >= 15 is 0 Å². The molecule has 1 heterocycles. The van der Waals surface area contributed by atoms with E-state index in [1.807, 2.05) is 4.90 Å². The normalized spacial score (nSPS) is 22.9. The average molecular weight is 299 g/mol. The number of aliphatic carboxylic acids is 1. The fourth-order valence-corrected chi connectivity index (χ4v) is 2.62. The number of likely N-dealkylation sites (tertiary alicyclic amines) is 1. The lowest BCUT2D eigenvalue weighted by Gasteiger charge is -2.20. The molecule has 108 valence electrons. The van der Waals surface area contributed by atoms with E-state index in [2.05, 4.69) is 0 Å². The SMILES string of the molecule is CC1(C(=O)O)CCN(Cc2ccc([N+](=O)[O-])cc2Cl)C1. The van der Waals surface area contributed by atoms with Gasteiger partial charge in [0.1, 0.15) is 0 Å². The second kappa shape index (κ2) is 5.38. The van der Waals surface area contributed by atoms with Crippen molar-refractivity contribution in [2.45, 2.75) is 19.9 Å². The fraction of sp³-hybridized carbons (Fsp3) is 0.462. The maximum atomic E-state index is 11.2. The van der Waals surface area contributed by atoms with Gasteiger partial charge in [0.05, 0.1) is 15.4 Å². The molecule has 0 radical (unpaired) electrons. The van der Waals surface area contributed by atoms with Crippen molar-refractivity contribution in [3.63, 3.8) is 0 Å². The Morgan fingerprint density at radius 3 is 2.80 bits per heavy atom. The molecule has 0 saturated carbocycles. The quantitative estimate of drug-likeness (QED) is 0.682. The first-order valence-corrected chi connectivity index (χ1v) is 6.58. The van der Waals surface area contributed by atoms with Gasteiger partial charge in [-0.05, 0) is 31.5 Å². The largest absolute Gasteiger partial charge is 0.481 e. The summed E-state index contributed by atoms with van der Waals surface area (Å²) in [7, 11) is 0. The van der Waals surface area contributed by atoms with Gasteiger partial charge in [0.15, 0.2) is 0 Å². The Bertz CT molecular complexity index is 563. The molecular formula is C13H15ClN2O4. The van der Waals surface area contributed by atoms with Crippen LogP contribution in [0, 0.1) is 15.5 Å². The van der Waals surface area contributed by atoms with Crippen LogP contribution in [0.25, 0.3) is 0 Å². The minimum atomic E-state index is -0.796. The number of nitro benzene ring substituents is 1. The van der Waals surface area contributed by atoms with Crippen LogP contribution in [0.1, 0.15) is 18.9 Å². The molecule has 1 fully saturated rings. The summed E-state index contributed by atoms with van der Waals surface area (Å²) >= 11 is 6.04. The standard InChI is InChI=1S/C13H15ClN2O4/c1-13(12(17)18)4-5-15(8-13)7-9-2-3-10(16(19)20)6-11(9)14/h2-3,6H,4-5,7-8H2,1H3,(H,17,18). The van der Waals surface area contributed by atoms with E-state index < -0.39 is 16.3 Å². The summed E-state index contributed by atoms with van der Waals surface area (Å²) in [5.74, 6) is -0.796. The molecule has 1 N–H and O–H groups in total. The number of nitro groups is 1. The molecule has 0 amide bonds. The topological polar surface area (TPSA) is 83.7 Å². The number of nitrogens with zero attached hydrogens (tertiary/aromatic N) is 2. The number of carboxylic acid groups (broad SMARTS) is 1. The van der Waals surface area contributed by atoms with Gasteiger partial charge in [0.25, 0.3) is 5.69 Å². The van der Waals surface area contributed by atoms with Gasteiger partial charge < -0.3 is 5.11 Å². The number of carboxylic acids is 1. The Balaban J connectivity index is 2.09. The first-order valence-electron chi connectivity index (χ1n) is 6.20. The van der Waals surface area contributed by atoms with Crippen molar-refractivity contribution in [3.05, 3.63) is 38.9 Å². The van der Waals surface area contributed by atoms with Crippen molar-refractivity contribution in [2.24, 2.45) is 5.41 Å². The summed E-state index contributed by atoms with van der Waals surface area (Å²) < 4.78 is 0. The van der Waals surface area contributed by atoms with Gasteiger partial charge in [0, 0.05) is 25.2 Å². The Hall–Kier alpha value is -1.66. The molecule has 2 rings (SSSR count). The molecule has 1 aromatic rings. The minimum absolute atomic E-state index is 0.0458.